The van der Waals surface area contributed by atoms with Gasteiger partial charge < -0.3 is 24.6 Å². The summed E-state index contributed by atoms with van der Waals surface area (Å²) < 4.78 is 20.3. The maximum atomic E-state index is 11.3. The zero-order valence-corrected chi connectivity index (χ0v) is 11.4. The van der Waals surface area contributed by atoms with Gasteiger partial charge in [0.05, 0.1) is 19.8 Å². The second kappa shape index (κ2) is 5.74. The van der Waals surface area contributed by atoms with Gasteiger partial charge in [0.2, 0.25) is 5.76 Å². The lowest BCUT2D eigenvalue weighted by atomic mass is 10.2. The van der Waals surface area contributed by atoms with E-state index in [-0.39, 0.29) is 5.76 Å². The van der Waals surface area contributed by atoms with Crippen molar-refractivity contribution in [2.24, 2.45) is 0 Å². The van der Waals surface area contributed by atoms with Crippen LogP contribution in [0.1, 0.15) is 6.42 Å². The Morgan fingerprint density at radius 1 is 1.47 bits per heavy atom. The van der Waals surface area contributed by atoms with Gasteiger partial charge >= 0.3 is 12.7 Å². The number of ether oxygens (including phenoxy) is 1. The molecule has 8 nitrogen and oxygen atoms in total. The molecule has 10 heteroatoms. The SMILES string of the molecule is O=C1O[C@H]([C@@H](O)CO)C(OP2(=S)OCCCO2)=C1O. The van der Waals surface area contributed by atoms with Crippen molar-refractivity contribution in [1.82, 2.24) is 0 Å². The van der Waals surface area contributed by atoms with Crippen LogP contribution >= 0.6 is 6.72 Å². The summed E-state index contributed by atoms with van der Waals surface area (Å²) in [7, 11) is 0. The quantitative estimate of drug-likeness (QED) is 0.476. The third-order valence-electron chi connectivity index (χ3n) is 2.45. The van der Waals surface area contributed by atoms with E-state index in [9.17, 15) is 15.0 Å². The molecule has 2 heterocycles. The minimum absolute atomic E-state index is 0.341. The minimum atomic E-state index is -3.12. The number of hydrogen-bond donors (Lipinski definition) is 3. The number of cyclic esters (lactones) is 1. The van der Waals surface area contributed by atoms with Crippen LogP contribution in [0.2, 0.25) is 0 Å². The normalized spacial score (nSPS) is 28.1. The third-order valence-corrected chi connectivity index (χ3v) is 4.73. The fraction of sp³-hybridized carbons (Fsp3) is 0.667. The number of carbonyl (C=O) groups excluding carboxylic acids is 1. The van der Waals surface area contributed by atoms with Crippen molar-refractivity contribution in [2.75, 3.05) is 19.8 Å². The Labute approximate surface area is 113 Å². The lowest BCUT2D eigenvalue weighted by Gasteiger charge is -2.28. The van der Waals surface area contributed by atoms with E-state index < -0.39 is 37.3 Å². The standard InChI is InChI=1S/C9H13O8PS/c10-4-5(11)7-8(6(12)9(13)16-7)17-18(19)14-2-1-3-15-18/h5,7,10-12H,1-4H2/t5-,7+/m0/s1. The molecule has 2 aliphatic heterocycles. The van der Waals surface area contributed by atoms with Crippen molar-refractivity contribution in [1.29, 1.82) is 0 Å². The number of aliphatic hydroxyl groups excluding tert-OH is 3. The van der Waals surface area contributed by atoms with Gasteiger partial charge in [0.25, 0.3) is 0 Å². The Hall–Kier alpha value is -0.700. The van der Waals surface area contributed by atoms with E-state index in [0.29, 0.717) is 19.6 Å². The molecular weight excluding hydrogens is 299 g/mol. The van der Waals surface area contributed by atoms with Crippen molar-refractivity contribution in [3.05, 3.63) is 11.5 Å². The molecule has 0 aromatic rings. The second-order valence-electron chi connectivity index (χ2n) is 3.85. The first-order chi connectivity index (χ1) is 8.97. The van der Waals surface area contributed by atoms with Gasteiger partial charge in [0.15, 0.2) is 11.9 Å². The Morgan fingerprint density at radius 3 is 2.68 bits per heavy atom. The van der Waals surface area contributed by atoms with Crippen LogP contribution in [0.25, 0.3) is 0 Å². The van der Waals surface area contributed by atoms with Crippen LogP contribution in [0.15, 0.2) is 11.5 Å². The summed E-state index contributed by atoms with van der Waals surface area (Å²) >= 11 is 5.05. The molecular formula is C9H13O8PS. The van der Waals surface area contributed by atoms with Crippen LogP contribution in [0, 0.1) is 0 Å². The van der Waals surface area contributed by atoms with Crippen molar-refractivity contribution in [2.45, 2.75) is 18.6 Å². The second-order valence-corrected chi connectivity index (χ2v) is 6.78. The molecule has 0 spiro atoms. The first-order valence-corrected chi connectivity index (χ1v) is 8.04. The number of esters is 1. The zero-order chi connectivity index (χ0) is 14.0. The Bertz CT molecular complexity index is 440. The predicted molar refractivity (Wildman–Crippen MR) is 64.5 cm³/mol. The van der Waals surface area contributed by atoms with E-state index in [0.717, 1.165) is 0 Å². The van der Waals surface area contributed by atoms with E-state index in [4.69, 9.17) is 30.5 Å². The highest BCUT2D eigenvalue weighted by atomic mass is 32.5. The van der Waals surface area contributed by atoms with Gasteiger partial charge in [-0.1, -0.05) is 0 Å². The summed E-state index contributed by atoms with van der Waals surface area (Å²) in [5.41, 5.74) is 0. The van der Waals surface area contributed by atoms with Crippen molar-refractivity contribution < 1.29 is 38.4 Å². The summed E-state index contributed by atoms with van der Waals surface area (Å²) in [6.45, 7) is -3.12. The molecule has 0 bridgehead atoms. The molecule has 19 heavy (non-hydrogen) atoms. The average molecular weight is 312 g/mol. The van der Waals surface area contributed by atoms with Crippen LogP contribution in [0.4, 0.5) is 0 Å². The zero-order valence-electron chi connectivity index (χ0n) is 9.72. The van der Waals surface area contributed by atoms with Gasteiger partial charge in [-0.15, -0.1) is 0 Å². The third kappa shape index (κ3) is 3.07. The van der Waals surface area contributed by atoms with E-state index in [2.05, 4.69) is 4.74 Å². The molecule has 2 rings (SSSR count). The Morgan fingerprint density at radius 2 is 2.11 bits per heavy atom. The summed E-state index contributed by atoms with van der Waals surface area (Å²) in [5, 5.41) is 28.0. The maximum absolute atomic E-state index is 11.3. The van der Waals surface area contributed by atoms with Crippen LogP contribution in [-0.4, -0.2) is 53.3 Å². The highest BCUT2D eigenvalue weighted by Crippen LogP contribution is 2.55. The van der Waals surface area contributed by atoms with Crippen molar-refractivity contribution >= 4 is 24.5 Å². The lowest BCUT2D eigenvalue weighted by Crippen LogP contribution is -2.32. The number of hydrogen-bond acceptors (Lipinski definition) is 9. The summed E-state index contributed by atoms with van der Waals surface area (Å²) in [4.78, 5) is 11.3. The van der Waals surface area contributed by atoms with Gasteiger partial charge in [0, 0.05) is 11.8 Å². The van der Waals surface area contributed by atoms with Gasteiger partial charge in [-0.05, 0) is 6.42 Å². The molecule has 2 atom stereocenters. The topological polar surface area (TPSA) is 115 Å². The Balaban J connectivity index is 2.19. The van der Waals surface area contributed by atoms with E-state index in [1.165, 1.54) is 0 Å². The van der Waals surface area contributed by atoms with Gasteiger partial charge in [-0.25, -0.2) is 4.79 Å². The van der Waals surface area contributed by atoms with E-state index in [1.807, 2.05) is 0 Å². The first kappa shape index (κ1) is 14.7. The van der Waals surface area contributed by atoms with Gasteiger partial charge in [0.1, 0.15) is 6.10 Å². The number of carbonyl (C=O) groups is 1. The molecule has 0 aromatic carbocycles. The Kier molecular flexibility index (Phi) is 4.44. The van der Waals surface area contributed by atoms with Crippen LogP contribution in [0.5, 0.6) is 0 Å². The molecule has 0 radical (unpaired) electrons. The van der Waals surface area contributed by atoms with Crippen LogP contribution in [-0.2, 0) is 34.9 Å². The van der Waals surface area contributed by atoms with Crippen molar-refractivity contribution in [3.8, 4) is 0 Å². The highest BCUT2D eigenvalue weighted by molar-refractivity contribution is 8.07. The van der Waals surface area contributed by atoms with Gasteiger partial charge in [-0.2, -0.15) is 0 Å². The monoisotopic (exact) mass is 312 g/mol. The van der Waals surface area contributed by atoms with Gasteiger partial charge in [-0.3, -0.25) is 9.05 Å². The maximum Gasteiger partial charge on any atom is 0.380 e. The fourth-order valence-electron chi connectivity index (χ4n) is 1.53. The molecule has 0 saturated carbocycles. The average Bonchev–Trinajstić information content (AvgIpc) is 2.66. The summed E-state index contributed by atoms with van der Waals surface area (Å²) in [6, 6.07) is 0. The molecule has 3 N–H and O–H groups in total. The molecule has 1 fully saturated rings. The summed E-state index contributed by atoms with van der Waals surface area (Å²) in [6.07, 6.45) is -2.10. The van der Waals surface area contributed by atoms with Crippen LogP contribution < -0.4 is 0 Å². The largest absolute Gasteiger partial charge is 0.499 e. The lowest BCUT2D eigenvalue weighted by molar-refractivity contribution is -0.147. The van der Waals surface area contributed by atoms with E-state index in [1.54, 1.807) is 0 Å². The van der Waals surface area contributed by atoms with E-state index >= 15 is 0 Å². The molecule has 108 valence electrons. The molecule has 0 aromatic heterocycles. The molecule has 0 unspecified atom stereocenters. The smallest absolute Gasteiger partial charge is 0.380 e. The van der Waals surface area contributed by atoms with Crippen LogP contribution in [0.3, 0.4) is 0 Å². The summed E-state index contributed by atoms with van der Waals surface area (Å²) in [5.74, 6) is -2.23. The molecule has 0 aliphatic carbocycles. The number of rotatable bonds is 4. The minimum Gasteiger partial charge on any atom is -0.499 e. The van der Waals surface area contributed by atoms with Crippen molar-refractivity contribution in [3.63, 3.8) is 0 Å². The first-order valence-electron chi connectivity index (χ1n) is 5.48. The molecule has 2 aliphatic rings. The highest BCUT2D eigenvalue weighted by Gasteiger charge is 2.44. The molecule has 0 amide bonds. The fourth-order valence-corrected chi connectivity index (χ4v) is 3.53. The number of aliphatic hydroxyl groups is 3. The predicted octanol–water partition coefficient (Wildman–Crippen LogP) is -0.287. The molecule has 1 saturated heterocycles.